The van der Waals surface area contributed by atoms with Crippen molar-refractivity contribution in [2.45, 2.75) is 32.0 Å². The number of nitrogens with one attached hydrogen (secondary N) is 1. The van der Waals surface area contributed by atoms with Gasteiger partial charge in [0.2, 0.25) is 5.91 Å². The summed E-state index contributed by atoms with van der Waals surface area (Å²) in [5.41, 5.74) is 2.66. The third-order valence-electron chi connectivity index (χ3n) is 4.49. The Morgan fingerprint density at radius 1 is 1.26 bits per heavy atom. The number of hydrogen-bond donors (Lipinski definition) is 1. The fraction of sp³-hybridized carbons (Fsp3) is 0.238. The zero-order valence-corrected chi connectivity index (χ0v) is 19.4. The number of hydrogen-bond acceptors (Lipinski definition) is 7. The van der Waals surface area contributed by atoms with E-state index in [-0.39, 0.29) is 11.7 Å². The van der Waals surface area contributed by atoms with Crippen molar-refractivity contribution in [1.82, 2.24) is 19.7 Å². The standard InChI is InChI=1S/C21H20ClN5O2S2/c1-3-9-27-19(16-8-10-29-13(16)2)25-26-21(27)31-12-18(28)24-20-23-17(11-30-20)14-4-6-15(22)7-5-14/h4-8,10-11H,3,9,12H2,1-2H3,(H,23,24,28). The van der Waals surface area contributed by atoms with Gasteiger partial charge in [-0.3, -0.25) is 4.79 Å². The third-order valence-corrected chi connectivity index (χ3v) is 6.46. The van der Waals surface area contributed by atoms with Crippen LogP contribution in [0.3, 0.4) is 0 Å². The fourth-order valence-corrected chi connectivity index (χ4v) is 4.63. The van der Waals surface area contributed by atoms with E-state index in [9.17, 15) is 4.79 Å². The Morgan fingerprint density at radius 3 is 2.77 bits per heavy atom. The molecule has 0 spiro atoms. The Balaban J connectivity index is 1.41. The van der Waals surface area contributed by atoms with Crippen LogP contribution in [0.5, 0.6) is 0 Å². The molecule has 1 amide bonds. The molecule has 0 fully saturated rings. The molecule has 0 bridgehead atoms. The van der Waals surface area contributed by atoms with Gasteiger partial charge in [-0.25, -0.2) is 4.98 Å². The first-order valence-electron chi connectivity index (χ1n) is 9.67. The van der Waals surface area contributed by atoms with Crippen LogP contribution in [0.15, 0.2) is 51.5 Å². The Morgan fingerprint density at radius 2 is 2.06 bits per heavy atom. The van der Waals surface area contributed by atoms with Crippen molar-refractivity contribution in [2.24, 2.45) is 0 Å². The fourth-order valence-electron chi connectivity index (χ4n) is 3.01. The summed E-state index contributed by atoms with van der Waals surface area (Å²) in [6.07, 6.45) is 2.57. The van der Waals surface area contributed by atoms with Crippen LogP contribution in [0.2, 0.25) is 5.02 Å². The van der Waals surface area contributed by atoms with Crippen LogP contribution in [0.4, 0.5) is 5.13 Å². The number of aryl methyl sites for hydroxylation is 1. The van der Waals surface area contributed by atoms with Crippen LogP contribution in [0.1, 0.15) is 19.1 Å². The van der Waals surface area contributed by atoms with E-state index >= 15 is 0 Å². The Labute approximate surface area is 192 Å². The van der Waals surface area contributed by atoms with Crippen molar-refractivity contribution in [3.05, 3.63) is 52.8 Å². The predicted molar refractivity (Wildman–Crippen MR) is 125 cm³/mol. The molecule has 0 unspecified atom stereocenters. The summed E-state index contributed by atoms with van der Waals surface area (Å²) in [7, 11) is 0. The molecule has 7 nitrogen and oxygen atoms in total. The van der Waals surface area contributed by atoms with Gasteiger partial charge in [0.05, 0.1) is 23.3 Å². The molecule has 0 aliphatic rings. The minimum atomic E-state index is -0.144. The van der Waals surface area contributed by atoms with Crippen LogP contribution in [0, 0.1) is 6.92 Å². The lowest BCUT2D eigenvalue weighted by atomic mass is 10.2. The topological polar surface area (TPSA) is 85.8 Å². The minimum Gasteiger partial charge on any atom is -0.469 e. The molecule has 0 atom stereocenters. The summed E-state index contributed by atoms with van der Waals surface area (Å²) in [4.78, 5) is 17.0. The monoisotopic (exact) mass is 473 g/mol. The number of anilines is 1. The second-order valence-electron chi connectivity index (χ2n) is 6.73. The first kappa shape index (κ1) is 21.6. The van der Waals surface area contributed by atoms with E-state index in [0.717, 1.165) is 41.4 Å². The number of halogens is 1. The molecule has 0 saturated heterocycles. The van der Waals surface area contributed by atoms with E-state index in [1.165, 1.54) is 23.1 Å². The summed E-state index contributed by atoms with van der Waals surface area (Å²) in [6, 6.07) is 9.32. The molecule has 3 aromatic heterocycles. The maximum absolute atomic E-state index is 12.5. The van der Waals surface area contributed by atoms with Gasteiger partial charge in [-0.1, -0.05) is 42.4 Å². The third kappa shape index (κ3) is 5.00. The van der Waals surface area contributed by atoms with E-state index in [4.69, 9.17) is 16.0 Å². The number of benzene rings is 1. The van der Waals surface area contributed by atoms with Crippen molar-refractivity contribution in [3.63, 3.8) is 0 Å². The van der Waals surface area contributed by atoms with Crippen LogP contribution in [-0.2, 0) is 11.3 Å². The number of nitrogens with zero attached hydrogens (tertiary/aromatic N) is 4. The molecule has 1 N–H and O–H groups in total. The van der Waals surface area contributed by atoms with Crippen LogP contribution in [0.25, 0.3) is 22.6 Å². The van der Waals surface area contributed by atoms with Gasteiger partial charge in [-0.15, -0.1) is 21.5 Å². The molecular formula is C21H20ClN5O2S2. The second-order valence-corrected chi connectivity index (χ2v) is 8.97. The summed E-state index contributed by atoms with van der Waals surface area (Å²) < 4.78 is 7.43. The van der Waals surface area contributed by atoms with Crippen molar-refractivity contribution >= 4 is 45.7 Å². The number of rotatable bonds is 8. The molecule has 1 aromatic carbocycles. The second kappa shape index (κ2) is 9.67. The minimum absolute atomic E-state index is 0.144. The van der Waals surface area contributed by atoms with Gasteiger partial charge in [0, 0.05) is 22.5 Å². The summed E-state index contributed by atoms with van der Waals surface area (Å²) in [5.74, 6) is 1.61. The van der Waals surface area contributed by atoms with Crippen molar-refractivity contribution in [3.8, 4) is 22.6 Å². The van der Waals surface area contributed by atoms with Crippen LogP contribution >= 0.6 is 34.7 Å². The van der Waals surface area contributed by atoms with Crippen molar-refractivity contribution in [1.29, 1.82) is 0 Å². The van der Waals surface area contributed by atoms with Gasteiger partial charge in [0.1, 0.15) is 5.76 Å². The molecule has 0 radical (unpaired) electrons. The molecular weight excluding hydrogens is 454 g/mol. The Hall–Kier alpha value is -2.62. The maximum Gasteiger partial charge on any atom is 0.236 e. The zero-order chi connectivity index (χ0) is 21.8. The van der Waals surface area contributed by atoms with E-state index in [1.807, 2.05) is 47.2 Å². The van der Waals surface area contributed by atoms with Gasteiger partial charge < -0.3 is 14.3 Å². The first-order valence-corrected chi connectivity index (χ1v) is 11.9. The van der Waals surface area contributed by atoms with E-state index < -0.39 is 0 Å². The lowest BCUT2D eigenvalue weighted by Crippen LogP contribution is -2.14. The molecule has 31 heavy (non-hydrogen) atoms. The van der Waals surface area contributed by atoms with E-state index in [1.54, 1.807) is 6.26 Å². The van der Waals surface area contributed by atoms with Crippen LogP contribution in [-0.4, -0.2) is 31.4 Å². The van der Waals surface area contributed by atoms with Gasteiger partial charge in [0.25, 0.3) is 0 Å². The number of thiazole rings is 1. The highest BCUT2D eigenvalue weighted by atomic mass is 35.5. The molecule has 160 valence electrons. The highest BCUT2D eigenvalue weighted by molar-refractivity contribution is 7.99. The summed E-state index contributed by atoms with van der Waals surface area (Å²) in [6.45, 7) is 4.74. The predicted octanol–water partition coefficient (Wildman–Crippen LogP) is 5.76. The average molecular weight is 474 g/mol. The van der Waals surface area contributed by atoms with Gasteiger partial charge in [-0.05, 0) is 31.5 Å². The molecule has 4 aromatic rings. The lowest BCUT2D eigenvalue weighted by Gasteiger charge is -2.08. The smallest absolute Gasteiger partial charge is 0.236 e. The largest absolute Gasteiger partial charge is 0.469 e. The quantitative estimate of drug-likeness (QED) is 0.327. The molecule has 3 heterocycles. The number of carbonyl (C=O) groups is 1. The van der Waals surface area contributed by atoms with Crippen molar-refractivity contribution in [2.75, 3.05) is 11.1 Å². The number of furan rings is 1. The molecule has 0 saturated carbocycles. The molecule has 0 aliphatic carbocycles. The lowest BCUT2D eigenvalue weighted by molar-refractivity contribution is -0.113. The first-order chi connectivity index (χ1) is 15.0. The van der Waals surface area contributed by atoms with Gasteiger partial charge in [0.15, 0.2) is 16.1 Å². The van der Waals surface area contributed by atoms with E-state index in [2.05, 4.69) is 27.4 Å². The zero-order valence-electron chi connectivity index (χ0n) is 17.0. The summed E-state index contributed by atoms with van der Waals surface area (Å²) in [5, 5.41) is 15.3. The van der Waals surface area contributed by atoms with Crippen molar-refractivity contribution < 1.29 is 9.21 Å². The number of aromatic nitrogens is 4. The van der Waals surface area contributed by atoms with E-state index in [0.29, 0.717) is 15.3 Å². The molecule has 0 aliphatic heterocycles. The SMILES string of the molecule is CCCn1c(SCC(=O)Nc2nc(-c3ccc(Cl)cc3)cs2)nnc1-c1ccoc1C. The average Bonchev–Trinajstić information content (AvgIpc) is 3.48. The molecule has 10 heteroatoms. The van der Waals surface area contributed by atoms with Gasteiger partial charge >= 0.3 is 0 Å². The maximum atomic E-state index is 12.5. The summed E-state index contributed by atoms with van der Waals surface area (Å²) >= 11 is 8.67. The number of amides is 1. The highest BCUT2D eigenvalue weighted by Crippen LogP contribution is 2.28. The molecule has 4 rings (SSSR count). The number of carbonyl (C=O) groups excluding carboxylic acids is 1. The Kier molecular flexibility index (Phi) is 6.74. The normalized spacial score (nSPS) is 11.1. The van der Waals surface area contributed by atoms with Crippen LogP contribution < -0.4 is 5.32 Å². The highest BCUT2D eigenvalue weighted by Gasteiger charge is 2.18. The van der Waals surface area contributed by atoms with Gasteiger partial charge in [-0.2, -0.15) is 0 Å². The number of thioether (sulfide) groups is 1. The Bertz CT molecular complexity index is 1180.